The van der Waals surface area contributed by atoms with Crippen LogP contribution in [0.3, 0.4) is 0 Å². The van der Waals surface area contributed by atoms with Crippen LogP contribution in [0.1, 0.15) is 12.8 Å². The van der Waals surface area contributed by atoms with Gasteiger partial charge in [0.2, 0.25) is 17.8 Å². The third kappa shape index (κ3) is 2.05. The lowest BCUT2D eigenvalue weighted by molar-refractivity contribution is -0.122. The molecular formula is C13H14N4O2. The number of nitrogens with one attached hydrogen (secondary N) is 2. The molecule has 0 bridgehead atoms. The molecule has 6 heteroatoms. The Balaban J connectivity index is 1.83. The summed E-state index contributed by atoms with van der Waals surface area (Å²) in [5.74, 6) is 0.196. The highest BCUT2D eigenvalue weighted by Gasteiger charge is 2.27. The van der Waals surface area contributed by atoms with Gasteiger partial charge in [-0.2, -0.15) is 0 Å². The first kappa shape index (κ1) is 11.7. The van der Waals surface area contributed by atoms with Crippen molar-refractivity contribution in [1.29, 1.82) is 0 Å². The molecule has 0 radical (unpaired) electrons. The molecule has 1 fully saturated rings. The third-order valence-electron chi connectivity index (χ3n) is 3.33. The zero-order valence-electron chi connectivity index (χ0n) is 10.5. The van der Waals surface area contributed by atoms with E-state index in [2.05, 4.69) is 15.6 Å². The van der Waals surface area contributed by atoms with E-state index in [1.54, 1.807) is 0 Å². The summed E-state index contributed by atoms with van der Waals surface area (Å²) in [6, 6.07) is 7.20. The second kappa shape index (κ2) is 4.38. The maximum absolute atomic E-state index is 12.0. The Labute approximate surface area is 109 Å². The maximum atomic E-state index is 12.0. The van der Waals surface area contributed by atoms with Crippen molar-refractivity contribution in [3.8, 4) is 0 Å². The number of hydrogen-bond donors (Lipinski definition) is 2. The van der Waals surface area contributed by atoms with Gasteiger partial charge in [0.05, 0.1) is 11.0 Å². The lowest BCUT2D eigenvalue weighted by atomic mass is 10.2. The summed E-state index contributed by atoms with van der Waals surface area (Å²) in [6.07, 6.45) is 0.940. The summed E-state index contributed by atoms with van der Waals surface area (Å²) in [4.78, 5) is 27.5. The van der Waals surface area contributed by atoms with Crippen molar-refractivity contribution in [3.05, 3.63) is 24.3 Å². The fourth-order valence-electron chi connectivity index (χ4n) is 2.27. The Morgan fingerprint density at radius 2 is 2.26 bits per heavy atom. The zero-order chi connectivity index (χ0) is 13.4. The van der Waals surface area contributed by atoms with E-state index >= 15 is 0 Å². The molecule has 3 rings (SSSR count). The Morgan fingerprint density at radius 3 is 2.95 bits per heavy atom. The van der Waals surface area contributed by atoms with Gasteiger partial charge in [0.15, 0.2) is 0 Å². The smallest absolute Gasteiger partial charge is 0.249 e. The summed E-state index contributed by atoms with van der Waals surface area (Å²) in [5.41, 5.74) is 1.78. The monoisotopic (exact) mass is 258 g/mol. The number of amides is 2. The Kier molecular flexibility index (Phi) is 2.70. The summed E-state index contributed by atoms with van der Waals surface area (Å²) >= 11 is 0. The Bertz CT molecular complexity index is 662. The van der Waals surface area contributed by atoms with Gasteiger partial charge in [-0.1, -0.05) is 12.1 Å². The van der Waals surface area contributed by atoms with Crippen LogP contribution in [0.25, 0.3) is 11.0 Å². The maximum Gasteiger partial charge on any atom is 0.249 e. The van der Waals surface area contributed by atoms with E-state index in [9.17, 15) is 9.59 Å². The highest BCUT2D eigenvalue weighted by Crippen LogP contribution is 2.18. The molecule has 1 aliphatic rings. The molecule has 1 atom stereocenters. The average molecular weight is 258 g/mol. The Morgan fingerprint density at radius 1 is 1.47 bits per heavy atom. The van der Waals surface area contributed by atoms with Gasteiger partial charge >= 0.3 is 0 Å². The van der Waals surface area contributed by atoms with Gasteiger partial charge in [-0.3, -0.25) is 14.9 Å². The number of carbonyl (C=O) groups is 2. The van der Waals surface area contributed by atoms with E-state index in [1.807, 2.05) is 35.9 Å². The number of rotatable bonds is 2. The first-order chi connectivity index (χ1) is 9.15. The van der Waals surface area contributed by atoms with Crippen molar-refractivity contribution >= 4 is 28.8 Å². The van der Waals surface area contributed by atoms with Crippen LogP contribution in [0.15, 0.2) is 24.3 Å². The minimum atomic E-state index is -0.452. The fraction of sp³-hybridized carbons (Fsp3) is 0.308. The molecule has 6 nitrogen and oxygen atoms in total. The van der Waals surface area contributed by atoms with E-state index in [0.717, 1.165) is 11.0 Å². The molecule has 2 heterocycles. The van der Waals surface area contributed by atoms with Crippen molar-refractivity contribution in [1.82, 2.24) is 14.9 Å². The van der Waals surface area contributed by atoms with Gasteiger partial charge in [0, 0.05) is 13.5 Å². The summed E-state index contributed by atoms with van der Waals surface area (Å²) < 4.78 is 1.82. The second-order valence-electron chi connectivity index (χ2n) is 4.63. The first-order valence-electron chi connectivity index (χ1n) is 6.17. The molecule has 1 aromatic heterocycles. The number of para-hydroxylation sites is 2. The number of aromatic nitrogens is 2. The molecule has 1 aromatic carbocycles. The van der Waals surface area contributed by atoms with E-state index in [4.69, 9.17) is 0 Å². The topological polar surface area (TPSA) is 76.0 Å². The number of benzene rings is 1. The molecule has 1 aliphatic heterocycles. The van der Waals surface area contributed by atoms with E-state index in [0.29, 0.717) is 18.8 Å². The first-order valence-corrected chi connectivity index (χ1v) is 6.17. The van der Waals surface area contributed by atoms with Crippen molar-refractivity contribution in [2.75, 3.05) is 5.32 Å². The van der Waals surface area contributed by atoms with Gasteiger partial charge in [0.25, 0.3) is 0 Å². The number of hydrogen-bond acceptors (Lipinski definition) is 3. The molecule has 0 aliphatic carbocycles. The van der Waals surface area contributed by atoms with Crippen LogP contribution in [-0.2, 0) is 16.6 Å². The molecule has 2 aromatic rings. The SMILES string of the molecule is Cn1c(NC(=O)C2CCC(=O)N2)nc2ccccc21. The van der Waals surface area contributed by atoms with E-state index in [1.165, 1.54) is 0 Å². The number of aryl methyl sites for hydroxylation is 1. The molecule has 1 unspecified atom stereocenters. The quantitative estimate of drug-likeness (QED) is 0.836. The average Bonchev–Trinajstić information content (AvgIpc) is 2.96. The van der Waals surface area contributed by atoms with E-state index in [-0.39, 0.29) is 11.8 Å². The summed E-state index contributed by atoms with van der Waals surface area (Å²) in [5, 5.41) is 5.40. The van der Waals surface area contributed by atoms with Crippen LogP contribution in [0, 0.1) is 0 Å². The fourth-order valence-corrected chi connectivity index (χ4v) is 2.27. The number of fused-ring (bicyclic) bond motifs is 1. The van der Waals surface area contributed by atoms with Gasteiger partial charge < -0.3 is 9.88 Å². The molecular weight excluding hydrogens is 244 g/mol. The minimum absolute atomic E-state index is 0.0786. The highest BCUT2D eigenvalue weighted by atomic mass is 16.2. The zero-order valence-corrected chi connectivity index (χ0v) is 10.5. The van der Waals surface area contributed by atoms with Gasteiger partial charge in [-0.25, -0.2) is 4.98 Å². The largest absolute Gasteiger partial charge is 0.344 e. The summed E-state index contributed by atoms with van der Waals surface area (Å²) in [7, 11) is 1.85. The lowest BCUT2D eigenvalue weighted by Crippen LogP contribution is -2.37. The van der Waals surface area contributed by atoms with Crippen LogP contribution in [0.5, 0.6) is 0 Å². The number of carbonyl (C=O) groups excluding carboxylic acids is 2. The second-order valence-corrected chi connectivity index (χ2v) is 4.63. The number of imidazole rings is 1. The predicted octanol–water partition coefficient (Wildman–Crippen LogP) is 0.790. The lowest BCUT2D eigenvalue weighted by Gasteiger charge is -2.10. The van der Waals surface area contributed by atoms with Crippen molar-refractivity contribution in [2.24, 2.45) is 7.05 Å². The van der Waals surface area contributed by atoms with E-state index < -0.39 is 6.04 Å². The van der Waals surface area contributed by atoms with Crippen LogP contribution in [0.2, 0.25) is 0 Å². The molecule has 2 N–H and O–H groups in total. The molecule has 19 heavy (non-hydrogen) atoms. The van der Waals surface area contributed by atoms with Gasteiger partial charge in [-0.05, 0) is 18.6 Å². The third-order valence-corrected chi connectivity index (χ3v) is 3.33. The van der Waals surface area contributed by atoms with Crippen molar-refractivity contribution in [3.63, 3.8) is 0 Å². The molecule has 98 valence electrons. The Hall–Kier alpha value is -2.37. The van der Waals surface area contributed by atoms with Crippen molar-refractivity contribution in [2.45, 2.75) is 18.9 Å². The highest BCUT2D eigenvalue weighted by molar-refractivity contribution is 5.99. The molecule has 0 saturated carbocycles. The van der Waals surface area contributed by atoms with Crippen LogP contribution < -0.4 is 10.6 Å². The van der Waals surface area contributed by atoms with Crippen LogP contribution in [0.4, 0.5) is 5.95 Å². The van der Waals surface area contributed by atoms with Crippen molar-refractivity contribution < 1.29 is 9.59 Å². The number of nitrogens with zero attached hydrogens (tertiary/aromatic N) is 2. The van der Waals surface area contributed by atoms with Gasteiger partial charge in [0.1, 0.15) is 6.04 Å². The van der Waals surface area contributed by atoms with Gasteiger partial charge in [-0.15, -0.1) is 0 Å². The van der Waals surface area contributed by atoms with Crippen LogP contribution in [-0.4, -0.2) is 27.4 Å². The van der Waals surface area contributed by atoms with Crippen LogP contribution >= 0.6 is 0 Å². The summed E-state index contributed by atoms with van der Waals surface area (Å²) in [6.45, 7) is 0. The molecule has 1 saturated heterocycles. The number of anilines is 1. The predicted molar refractivity (Wildman–Crippen MR) is 70.5 cm³/mol. The minimum Gasteiger partial charge on any atom is -0.344 e. The normalized spacial score (nSPS) is 18.6. The molecule has 0 spiro atoms. The molecule has 2 amide bonds. The standard InChI is InChI=1S/C13H14N4O2/c1-17-10-5-3-2-4-8(10)15-13(17)16-12(19)9-6-7-11(18)14-9/h2-5,9H,6-7H2,1H3,(H,14,18)(H,15,16,19).